The molecule has 0 amide bonds. The van der Waals surface area contributed by atoms with Gasteiger partial charge in [0.25, 0.3) is 0 Å². The van der Waals surface area contributed by atoms with Gasteiger partial charge in [-0.15, -0.1) is 9.24 Å². The Morgan fingerprint density at radius 1 is 0.739 bits per heavy atom. The van der Waals surface area contributed by atoms with E-state index in [1.165, 1.54) is 22.5 Å². The van der Waals surface area contributed by atoms with E-state index in [0.717, 1.165) is 12.8 Å². The molecule has 0 aliphatic carbocycles. The Bertz CT molecular complexity index is 564. The summed E-state index contributed by atoms with van der Waals surface area (Å²) < 4.78 is 0. The molecule has 0 aromatic heterocycles. The van der Waals surface area contributed by atoms with Gasteiger partial charge in [-0.2, -0.15) is 0 Å². The fourth-order valence-electron chi connectivity index (χ4n) is 2.96. The van der Waals surface area contributed by atoms with Gasteiger partial charge >= 0.3 is 0 Å². The minimum atomic E-state index is -0.0234. The van der Waals surface area contributed by atoms with Crippen molar-refractivity contribution in [1.82, 2.24) is 0 Å². The second-order valence-electron chi connectivity index (χ2n) is 6.60. The van der Waals surface area contributed by atoms with E-state index in [4.69, 9.17) is 0 Å². The molecule has 3 heteroatoms. The lowest BCUT2D eigenvalue weighted by Gasteiger charge is -2.31. The first kappa shape index (κ1) is 17.8. The Hall–Kier alpha value is -1.53. The van der Waals surface area contributed by atoms with Crippen LogP contribution in [0.2, 0.25) is 0 Å². The average Bonchev–Trinajstić information content (AvgIpc) is 2.55. The SMILES string of the molecule is CCCC(P)(c1ccc(N(C)C)cc1)c1ccc(N(C)C)cc1. The largest absolute Gasteiger partial charge is 0.378 e. The van der Waals surface area contributed by atoms with Crippen molar-refractivity contribution in [2.45, 2.75) is 24.9 Å². The molecule has 0 radical (unpaired) electrons. The molecule has 0 saturated heterocycles. The van der Waals surface area contributed by atoms with Crippen molar-refractivity contribution in [2.75, 3.05) is 38.0 Å². The highest BCUT2D eigenvalue weighted by molar-refractivity contribution is 7.19. The number of hydrogen-bond donors (Lipinski definition) is 0. The number of nitrogens with zero attached hydrogens (tertiary/aromatic N) is 2. The molecule has 0 fully saturated rings. The highest BCUT2D eigenvalue weighted by Gasteiger charge is 2.28. The maximum atomic E-state index is 3.12. The average molecular weight is 328 g/mol. The zero-order chi connectivity index (χ0) is 17.0. The van der Waals surface area contributed by atoms with Crippen LogP contribution < -0.4 is 9.80 Å². The Morgan fingerprint density at radius 3 is 1.35 bits per heavy atom. The zero-order valence-corrected chi connectivity index (χ0v) is 16.2. The topological polar surface area (TPSA) is 6.48 Å². The van der Waals surface area contributed by atoms with E-state index < -0.39 is 0 Å². The highest BCUT2D eigenvalue weighted by Crippen LogP contribution is 2.43. The maximum absolute atomic E-state index is 3.12. The molecular weight excluding hydrogens is 299 g/mol. The van der Waals surface area contributed by atoms with Crippen LogP contribution in [0.5, 0.6) is 0 Å². The quantitative estimate of drug-likeness (QED) is 0.707. The first-order valence-electron chi connectivity index (χ1n) is 8.23. The van der Waals surface area contributed by atoms with E-state index in [2.05, 4.69) is 103 Å². The molecule has 2 aromatic carbocycles. The predicted octanol–water partition coefficient (Wildman–Crippen LogP) is 4.74. The minimum absolute atomic E-state index is 0.0234. The van der Waals surface area contributed by atoms with Crippen LogP contribution in [0.1, 0.15) is 30.9 Å². The number of anilines is 2. The second kappa shape index (κ2) is 7.36. The van der Waals surface area contributed by atoms with E-state index >= 15 is 0 Å². The Labute approximate surface area is 143 Å². The van der Waals surface area contributed by atoms with E-state index in [1.807, 2.05) is 0 Å². The smallest absolute Gasteiger partial charge is 0.0361 e. The molecule has 2 aromatic rings. The molecular formula is C20H29N2P. The van der Waals surface area contributed by atoms with Crippen molar-refractivity contribution < 1.29 is 0 Å². The molecule has 0 heterocycles. The molecule has 0 spiro atoms. The van der Waals surface area contributed by atoms with Gasteiger partial charge in [0.05, 0.1) is 0 Å². The normalized spacial score (nSPS) is 11.4. The van der Waals surface area contributed by atoms with Gasteiger partial charge in [-0.25, -0.2) is 0 Å². The molecule has 23 heavy (non-hydrogen) atoms. The maximum Gasteiger partial charge on any atom is 0.0361 e. The molecule has 1 atom stereocenters. The summed E-state index contributed by atoms with van der Waals surface area (Å²) >= 11 is 0. The van der Waals surface area contributed by atoms with E-state index in [1.54, 1.807) is 0 Å². The molecule has 1 unspecified atom stereocenters. The van der Waals surface area contributed by atoms with Crippen LogP contribution in [0.4, 0.5) is 11.4 Å². The van der Waals surface area contributed by atoms with Crippen LogP contribution in [0.15, 0.2) is 48.5 Å². The van der Waals surface area contributed by atoms with E-state index in [0.29, 0.717) is 0 Å². The Kier molecular flexibility index (Phi) is 5.70. The summed E-state index contributed by atoms with van der Waals surface area (Å²) in [4.78, 5) is 4.28. The van der Waals surface area contributed by atoms with Crippen molar-refractivity contribution in [3.8, 4) is 0 Å². The van der Waals surface area contributed by atoms with Crippen molar-refractivity contribution in [1.29, 1.82) is 0 Å². The van der Waals surface area contributed by atoms with Crippen molar-refractivity contribution in [3.05, 3.63) is 59.7 Å². The van der Waals surface area contributed by atoms with Gasteiger partial charge in [-0.3, -0.25) is 0 Å². The molecule has 2 rings (SSSR count). The lowest BCUT2D eigenvalue weighted by Crippen LogP contribution is -2.20. The number of rotatable bonds is 6. The standard InChI is InChI=1S/C20H29N2P/c1-6-15-20(23,16-7-11-18(12-8-16)21(2)3)17-9-13-19(14-10-17)22(4)5/h7-14H,6,15,23H2,1-5H3. The van der Waals surface area contributed by atoms with Gasteiger partial charge in [0.1, 0.15) is 0 Å². The van der Waals surface area contributed by atoms with E-state index in [9.17, 15) is 0 Å². The van der Waals surface area contributed by atoms with Gasteiger partial charge in [0, 0.05) is 44.7 Å². The third-order valence-corrected chi connectivity index (χ3v) is 5.40. The molecule has 0 saturated carbocycles. The summed E-state index contributed by atoms with van der Waals surface area (Å²) in [6.07, 6.45) is 2.26. The van der Waals surface area contributed by atoms with Crippen LogP contribution in [0, 0.1) is 0 Å². The third kappa shape index (κ3) is 3.87. The van der Waals surface area contributed by atoms with Crippen LogP contribution >= 0.6 is 9.24 Å². The molecule has 0 bridgehead atoms. The molecule has 0 N–H and O–H groups in total. The summed E-state index contributed by atoms with van der Waals surface area (Å²) in [5.74, 6) is 0. The van der Waals surface area contributed by atoms with Crippen LogP contribution in [-0.4, -0.2) is 28.2 Å². The van der Waals surface area contributed by atoms with Gasteiger partial charge in [0.2, 0.25) is 0 Å². The van der Waals surface area contributed by atoms with Gasteiger partial charge in [0.15, 0.2) is 0 Å². The predicted molar refractivity (Wildman–Crippen MR) is 107 cm³/mol. The van der Waals surface area contributed by atoms with E-state index in [-0.39, 0.29) is 5.16 Å². The summed E-state index contributed by atoms with van der Waals surface area (Å²) in [5.41, 5.74) is 5.18. The molecule has 124 valence electrons. The van der Waals surface area contributed by atoms with Gasteiger partial charge < -0.3 is 9.80 Å². The molecule has 0 aliphatic heterocycles. The van der Waals surface area contributed by atoms with Gasteiger partial charge in [-0.05, 0) is 41.8 Å². The minimum Gasteiger partial charge on any atom is -0.378 e. The summed E-state index contributed by atoms with van der Waals surface area (Å²) in [6.45, 7) is 2.25. The second-order valence-corrected chi connectivity index (χ2v) is 7.59. The Balaban J connectivity index is 2.41. The van der Waals surface area contributed by atoms with Crippen LogP contribution in [0.3, 0.4) is 0 Å². The van der Waals surface area contributed by atoms with Crippen molar-refractivity contribution in [2.24, 2.45) is 0 Å². The fourth-order valence-corrected chi connectivity index (χ4v) is 3.64. The molecule has 2 nitrogen and oxygen atoms in total. The molecule has 0 aliphatic rings. The summed E-state index contributed by atoms with van der Waals surface area (Å²) in [7, 11) is 11.4. The summed E-state index contributed by atoms with van der Waals surface area (Å²) in [6, 6.07) is 17.9. The summed E-state index contributed by atoms with van der Waals surface area (Å²) in [5, 5.41) is -0.0234. The fraction of sp³-hybridized carbons (Fsp3) is 0.400. The first-order valence-corrected chi connectivity index (χ1v) is 8.81. The van der Waals surface area contributed by atoms with Crippen LogP contribution in [-0.2, 0) is 5.16 Å². The van der Waals surface area contributed by atoms with Crippen molar-refractivity contribution in [3.63, 3.8) is 0 Å². The third-order valence-electron chi connectivity index (χ3n) is 4.44. The number of benzene rings is 2. The number of hydrogen-bond acceptors (Lipinski definition) is 2. The highest BCUT2D eigenvalue weighted by atomic mass is 31.0. The van der Waals surface area contributed by atoms with Crippen LogP contribution in [0.25, 0.3) is 0 Å². The lowest BCUT2D eigenvalue weighted by atomic mass is 9.86. The Morgan fingerprint density at radius 2 is 1.09 bits per heavy atom. The van der Waals surface area contributed by atoms with Crippen molar-refractivity contribution >= 4 is 20.6 Å². The first-order chi connectivity index (χ1) is 10.9. The monoisotopic (exact) mass is 328 g/mol. The van der Waals surface area contributed by atoms with Gasteiger partial charge in [-0.1, -0.05) is 37.6 Å². The zero-order valence-electron chi connectivity index (χ0n) is 15.0. The lowest BCUT2D eigenvalue weighted by molar-refractivity contribution is 0.645.